The number of nitrogens with two attached hydrogens (primary N) is 1. The molecule has 3 N–H and O–H groups in total. The van der Waals surface area contributed by atoms with Gasteiger partial charge in [-0.1, -0.05) is 50.2 Å². The summed E-state index contributed by atoms with van der Waals surface area (Å²) in [6.07, 6.45) is 1.35. The van der Waals surface area contributed by atoms with E-state index in [1.165, 1.54) is 0 Å². The van der Waals surface area contributed by atoms with Gasteiger partial charge in [-0.25, -0.2) is 8.42 Å². The zero-order valence-electron chi connectivity index (χ0n) is 19.2. The van der Waals surface area contributed by atoms with Gasteiger partial charge in [-0.05, 0) is 30.0 Å². The highest BCUT2D eigenvalue weighted by atomic mass is 32.2. The minimum absolute atomic E-state index is 0.131. The van der Waals surface area contributed by atoms with Crippen molar-refractivity contribution in [2.75, 3.05) is 12.9 Å². The van der Waals surface area contributed by atoms with E-state index in [4.69, 9.17) is 10.5 Å². The lowest BCUT2D eigenvalue weighted by molar-refractivity contribution is -0.121. The SMILES string of the molecule is CC(C)Cc1c(C(=O)C(N)=O)c2c(OCC(=O)NS(C)(=O)=O)cccc2n1Cc1ccccc1. The maximum absolute atomic E-state index is 13.0. The molecule has 0 spiro atoms. The Hall–Kier alpha value is -3.66. The number of carbonyl (C=O) groups excluding carboxylic acids is 3. The average Bonchev–Trinajstić information content (AvgIpc) is 3.04. The van der Waals surface area contributed by atoms with Crippen molar-refractivity contribution in [3.05, 3.63) is 65.4 Å². The molecule has 0 radical (unpaired) electrons. The number of nitrogens with zero attached hydrogens (tertiary/aromatic N) is 1. The van der Waals surface area contributed by atoms with E-state index in [2.05, 4.69) is 0 Å². The van der Waals surface area contributed by atoms with Gasteiger partial charge in [0.1, 0.15) is 5.75 Å². The first-order chi connectivity index (χ1) is 16.0. The van der Waals surface area contributed by atoms with Gasteiger partial charge < -0.3 is 15.0 Å². The Morgan fingerprint density at radius 2 is 1.74 bits per heavy atom. The number of fused-ring (bicyclic) bond motifs is 1. The van der Waals surface area contributed by atoms with E-state index in [9.17, 15) is 22.8 Å². The Morgan fingerprint density at radius 3 is 2.32 bits per heavy atom. The number of rotatable bonds is 10. The van der Waals surface area contributed by atoms with Crippen LogP contribution in [0.4, 0.5) is 0 Å². The second-order valence-corrected chi connectivity index (χ2v) is 10.2. The number of benzene rings is 2. The Morgan fingerprint density at radius 1 is 1.06 bits per heavy atom. The first kappa shape index (κ1) is 25.0. The van der Waals surface area contributed by atoms with E-state index in [0.717, 1.165) is 11.8 Å². The Bertz CT molecular complexity index is 1340. The monoisotopic (exact) mass is 485 g/mol. The van der Waals surface area contributed by atoms with Gasteiger partial charge in [-0.3, -0.25) is 19.1 Å². The summed E-state index contributed by atoms with van der Waals surface area (Å²) < 4.78 is 32.0. The van der Waals surface area contributed by atoms with Gasteiger partial charge in [0.2, 0.25) is 10.0 Å². The number of ketones is 1. The minimum atomic E-state index is -3.75. The molecule has 2 aromatic carbocycles. The zero-order chi connectivity index (χ0) is 25.0. The van der Waals surface area contributed by atoms with Crippen molar-refractivity contribution in [1.29, 1.82) is 0 Å². The topological polar surface area (TPSA) is 138 Å². The molecule has 1 heterocycles. The molecule has 9 nitrogen and oxygen atoms in total. The molecule has 3 rings (SSSR count). The third-order valence-electron chi connectivity index (χ3n) is 5.05. The Balaban J connectivity index is 2.20. The normalized spacial score (nSPS) is 11.5. The van der Waals surface area contributed by atoms with Gasteiger partial charge in [0.25, 0.3) is 17.6 Å². The van der Waals surface area contributed by atoms with Gasteiger partial charge in [0, 0.05) is 12.2 Å². The second-order valence-electron chi connectivity index (χ2n) is 8.42. The van der Waals surface area contributed by atoms with E-state index in [-0.39, 0.29) is 17.2 Å². The van der Waals surface area contributed by atoms with Crippen molar-refractivity contribution in [1.82, 2.24) is 9.29 Å². The molecular formula is C24H27N3O6S. The van der Waals surface area contributed by atoms with Crippen LogP contribution in [0.25, 0.3) is 10.9 Å². The molecule has 0 saturated heterocycles. The van der Waals surface area contributed by atoms with Crippen molar-refractivity contribution in [3.8, 4) is 5.75 Å². The lowest BCUT2D eigenvalue weighted by Crippen LogP contribution is -2.33. The standard InChI is InChI=1S/C24H27N3O6S/c1-15(2)12-18-22(23(29)24(25)30)21-17(27(18)13-16-8-5-4-6-9-16)10-7-11-19(21)33-14-20(28)26-34(3,31)32/h4-11,15H,12-14H2,1-3H3,(H2,25,30)(H,26,28). The number of Topliss-reactive ketones (excluding diaryl/α,β-unsaturated/α-hetero) is 1. The van der Waals surface area contributed by atoms with Crippen LogP contribution in [0.1, 0.15) is 35.5 Å². The number of hydrogen-bond donors (Lipinski definition) is 2. The Kier molecular flexibility index (Phi) is 7.41. The van der Waals surface area contributed by atoms with Crippen LogP contribution in [-0.4, -0.2) is 43.4 Å². The number of aromatic nitrogens is 1. The van der Waals surface area contributed by atoms with Crippen molar-refractivity contribution in [2.45, 2.75) is 26.8 Å². The molecule has 34 heavy (non-hydrogen) atoms. The smallest absolute Gasteiger partial charge is 0.289 e. The van der Waals surface area contributed by atoms with Crippen molar-refractivity contribution >= 4 is 38.5 Å². The van der Waals surface area contributed by atoms with Crippen LogP contribution in [0.5, 0.6) is 5.75 Å². The fourth-order valence-electron chi connectivity index (χ4n) is 3.83. The second kappa shape index (κ2) is 10.1. The van der Waals surface area contributed by atoms with E-state index in [0.29, 0.717) is 29.6 Å². The lowest BCUT2D eigenvalue weighted by atomic mass is 9.99. The first-order valence-electron chi connectivity index (χ1n) is 10.6. The summed E-state index contributed by atoms with van der Waals surface area (Å²) in [7, 11) is -3.75. The number of carbonyl (C=O) groups is 3. The molecule has 0 bridgehead atoms. The van der Waals surface area contributed by atoms with E-state index in [1.54, 1.807) is 18.2 Å². The Labute approximate surface area is 197 Å². The largest absolute Gasteiger partial charge is 0.483 e. The van der Waals surface area contributed by atoms with Crippen LogP contribution in [-0.2, 0) is 32.6 Å². The molecule has 0 saturated carbocycles. The van der Waals surface area contributed by atoms with E-state index < -0.39 is 34.2 Å². The van der Waals surface area contributed by atoms with Gasteiger partial charge in [0.05, 0.1) is 22.7 Å². The van der Waals surface area contributed by atoms with Crippen LogP contribution in [0.15, 0.2) is 48.5 Å². The van der Waals surface area contributed by atoms with Crippen LogP contribution < -0.4 is 15.2 Å². The molecule has 0 aliphatic carbocycles. The molecule has 3 aromatic rings. The van der Waals surface area contributed by atoms with Crippen molar-refractivity contribution in [3.63, 3.8) is 0 Å². The lowest BCUT2D eigenvalue weighted by Gasteiger charge is -2.14. The van der Waals surface area contributed by atoms with Crippen molar-refractivity contribution < 1.29 is 27.5 Å². The van der Waals surface area contributed by atoms with Crippen LogP contribution in [0.2, 0.25) is 0 Å². The maximum Gasteiger partial charge on any atom is 0.289 e. The third-order valence-corrected chi connectivity index (χ3v) is 5.65. The van der Waals surface area contributed by atoms with Crippen molar-refractivity contribution in [2.24, 2.45) is 11.7 Å². The average molecular weight is 486 g/mol. The molecule has 0 atom stereocenters. The van der Waals surface area contributed by atoms with Crippen LogP contribution in [0, 0.1) is 5.92 Å². The summed E-state index contributed by atoms with van der Waals surface area (Å²) in [6, 6.07) is 14.7. The van der Waals surface area contributed by atoms with Gasteiger partial charge in [0.15, 0.2) is 6.61 Å². The summed E-state index contributed by atoms with van der Waals surface area (Å²) in [5, 5.41) is 0.352. The maximum atomic E-state index is 13.0. The molecule has 10 heteroatoms. The molecule has 180 valence electrons. The summed E-state index contributed by atoms with van der Waals surface area (Å²) in [5.74, 6) is -2.50. The summed E-state index contributed by atoms with van der Waals surface area (Å²) in [5.41, 5.74) is 7.77. The third kappa shape index (κ3) is 5.82. The summed E-state index contributed by atoms with van der Waals surface area (Å²) >= 11 is 0. The minimum Gasteiger partial charge on any atom is -0.483 e. The molecule has 0 fully saturated rings. The number of nitrogens with one attached hydrogen (secondary N) is 1. The van der Waals surface area contributed by atoms with E-state index >= 15 is 0 Å². The number of hydrogen-bond acceptors (Lipinski definition) is 6. The molecule has 0 aliphatic heterocycles. The highest BCUT2D eigenvalue weighted by Crippen LogP contribution is 2.36. The molecule has 1 aromatic heterocycles. The van der Waals surface area contributed by atoms with Crippen LogP contribution >= 0.6 is 0 Å². The van der Waals surface area contributed by atoms with E-state index in [1.807, 2.05) is 53.5 Å². The zero-order valence-corrected chi connectivity index (χ0v) is 20.0. The number of primary amides is 1. The summed E-state index contributed by atoms with van der Waals surface area (Å²) in [6.45, 7) is 3.83. The highest BCUT2D eigenvalue weighted by Gasteiger charge is 2.28. The van der Waals surface area contributed by atoms with Gasteiger partial charge in [-0.15, -0.1) is 0 Å². The first-order valence-corrected chi connectivity index (χ1v) is 12.5. The summed E-state index contributed by atoms with van der Waals surface area (Å²) in [4.78, 5) is 37.0. The molecule has 2 amide bonds. The fourth-order valence-corrected chi connectivity index (χ4v) is 4.31. The molecule has 0 aliphatic rings. The number of sulfonamides is 1. The quantitative estimate of drug-likeness (QED) is 0.333. The predicted octanol–water partition coefficient (Wildman–Crippen LogP) is 2.01. The van der Waals surface area contributed by atoms with Crippen LogP contribution in [0.3, 0.4) is 0 Å². The van der Waals surface area contributed by atoms with Gasteiger partial charge >= 0.3 is 0 Å². The van der Waals surface area contributed by atoms with Gasteiger partial charge in [-0.2, -0.15) is 0 Å². The fraction of sp³-hybridized carbons (Fsp3) is 0.292. The molecule has 0 unspecified atom stereocenters. The highest BCUT2D eigenvalue weighted by molar-refractivity contribution is 7.89. The number of amides is 2. The number of ether oxygens (including phenoxy) is 1. The molecular weight excluding hydrogens is 458 g/mol. The predicted molar refractivity (Wildman–Crippen MR) is 128 cm³/mol.